The summed E-state index contributed by atoms with van der Waals surface area (Å²) in [6.45, 7) is 0. The van der Waals surface area contributed by atoms with Crippen molar-refractivity contribution >= 4 is 11.6 Å². The Hall–Kier alpha value is -3.59. The number of amides is 1. The van der Waals surface area contributed by atoms with E-state index in [1.54, 1.807) is 15.4 Å². The van der Waals surface area contributed by atoms with Crippen LogP contribution in [0.1, 0.15) is 40.7 Å². The van der Waals surface area contributed by atoms with Gasteiger partial charge in [0.25, 0.3) is 5.91 Å². The molecule has 4 heterocycles. The lowest BCUT2D eigenvalue weighted by atomic mass is 10.0. The molecular weight excluding hydrogens is 394 g/mol. The fourth-order valence-electron chi connectivity index (χ4n) is 4.09. The molecule has 1 aliphatic rings. The summed E-state index contributed by atoms with van der Waals surface area (Å²) < 4.78 is 3.36. The fraction of sp³-hybridized carbons (Fsp3) is 0.318. The standard InChI is InChI=1S/C22H23N7O2/c1-28-12-16(10-25-28)18-6-5-14(9-23-18)7-15-8-17(21-24-13-26-29(21)11-15)22(31)27-19-3-2-4-20(19)30/h5-6,8-13,19-20,30H,2-4,7H2,1H3,(H,27,31)/t19-,20-/m0/s1. The number of hydrogen-bond donors (Lipinski definition) is 2. The monoisotopic (exact) mass is 417 g/mol. The van der Waals surface area contributed by atoms with Crippen molar-refractivity contribution in [2.24, 2.45) is 7.05 Å². The second kappa shape index (κ2) is 7.92. The molecule has 158 valence electrons. The van der Waals surface area contributed by atoms with E-state index in [4.69, 9.17) is 0 Å². The van der Waals surface area contributed by atoms with E-state index in [2.05, 4.69) is 25.5 Å². The molecule has 0 bridgehead atoms. The third-order valence-electron chi connectivity index (χ3n) is 5.71. The quantitative estimate of drug-likeness (QED) is 0.512. The summed E-state index contributed by atoms with van der Waals surface area (Å²) in [6, 6.07) is 5.61. The number of rotatable bonds is 5. The van der Waals surface area contributed by atoms with Gasteiger partial charge in [-0.05, 0) is 42.5 Å². The van der Waals surface area contributed by atoms with Gasteiger partial charge in [-0.2, -0.15) is 10.2 Å². The van der Waals surface area contributed by atoms with E-state index in [-0.39, 0.29) is 11.9 Å². The lowest BCUT2D eigenvalue weighted by Gasteiger charge is -2.17. The minimum Gasteiger partial charge on any atom is -0.391 e. The first-order valence-electron chi connectivity index (χ1n) is 10.3. The van der Waals surface area contributed by atoms with Crippen LogP contribution in [0.5, 0.6) is 0 Å². The van der Waals surface area contributed by atoms with E-state index >= 15 is 0 Å². The van der Waals surface area contributed by atoms with Gasteiger partial charge >= 0.3 is 0 Å². The summed E-state index contributed by atoms with van der Waals surface area (Å²) >= 11 is 0. The summed E-state index contributed by atoms with van der Waals surface area (Å²) in [5.41, 5.74) is 4.72. The predicted octanol–water partition coefficient (Wildman–Crippen LogP) is 1.76. The van der Waals surface area contributed by atoms with Crippen molar-refractivity contribution in [3.63, 3.8) is 0 Å². The number of carbonyl (C=O) groups is 1. The summed E-state index contributed by atoms with van der Waals surface area (Å²) in [5.74, 6) is -0.240. The van der Waals surface area contributed by atoms with Crippen LogP contribution in [0, 0.1) is 0 Å². The molecule has 9 nitrogen and oxygen atoms in total. The van der Waals surface area contributed by atoms with E-state index in [1.165, 1.54) is 6.33 Å². The largest absolute Gasteiger partial charge is 0.391 e. The van der Waals surface area contributed by atoms with Crippen LogP contribution in [-0.2, 0) is 13.5 Å². The van der Waals surface area contributed by atoms with Gasteiger partial charge in [0.05, 0.1) is 29.6 Å². The molecule has 1 aliphatic carbocycles. The van der Waals surface area contributed by atoms with Gasteiger partial charge in [-0.3, -0.25) is 14.5 Å². The lowest BCUT2D eigenvalue weighted by Crippen LogP contribution is -2.40. The number of aliphatic hydroxyl groups excluding tert-OH is 1. The van der Waals surface area contributed by atoms with Crippen LogP contribution < -0.4 is 5.32 Å². The van der Waals surface area contributed by atoms with Gasteiger partial charge in [-0.15, -0.1) is 0 Å². The number of nitrogens with zero attached hydrogens (tertiary/aromatic N) is 6. The molecule has 2 atom stereocenters. The number of aliphatic hydroxyl groups is 1. The first kappa shape index (κ1) is 19.4. The van der Waals surface area contributed by atoms with Crippen molar-refractivity contribution in [2.45, 2.75) is 37.8 Å². The molecule has 1 amide bonds. The van der Waals surface area contributed by atoms with Crippen molar-refractivity contribution in [2.75, 3.05) is 0 Å². The fourth-order valence-corrected chi connectivity index (χ4v) is 4.09. The maximum absolute atomic E-state index is 12.9. The van der Waals surface area contributed by atoms with E-state index in [1.807, 2.05) is 43.8 Å². The number of carbonyl (C=O) groups excluding carboxylic acids is 1. The van der Waals surface area contributed by atoms with Crippen LogP contribution in [0.2, 0.25) is 0 Å². The normalized spacial score (nSPS) is 18.5. The Morgan fingerprint density at radius 1 is 1.16 bits per heavy atom. The van der Waals surface area contributed by atoms with Crippen molar-refractivity contribution in [3.8, 4) is 11.3 Å². The van der Waals surface area contributed by atoms with Gasteiger partial charge in [-0.25, -0.2) is 9.50 Å². The smallest absolute Gasteiger partial charge is 0.255 e. The third-order valence-corrected chi connectivity index (χ3v) is 5.71. The summed E-state index contributed by atoms with van der Waals surface area (Å²) in [5, 5.41) is 21.4. The molecule has 4 aromatic heterocycles. The van der Waals surface area contributed by atoms with Crippen LogP contribution in [0.15, 0.2) is 49.3 Å². The average Bonchev–Trinajstić information content (AvgIpc) is 3.50. The number of hydrogen-bond acceptors (Lipinski definition) is 6. The summed E-state index contributed by atoms with van der Waals surface area (Å²) in [7, 11) is 1.87. The first-order valence-corrected chi connectivity index (χ1v) is 10.3. The third kappa shape index (κ3) is 3.91. The Morgan fingerprint density at radius 2 is 2.06 bits per heavy atom. The van der Waals surface area contributed by atoms with Crippen LogP contribution in [-0.4, -0.2) is 52.5 Å². The highest BCUT2D eigenvalue weighted by atomic mass is 16.3. The Kier molecular flexibility index (Phi) is 4.95. The van der Waals surface area contributed by atoms with Crippen molar-refractivity contribution < 1.29 is 9.90 Å². The molecule has 1 fully saturated rings. The molecule has 0 spiro atoms. The molecule has 0 aromatic carbocycles. The number of nitrogens with one attached hydrogen (secondary N) is 1. The van der Waals surface area contributed by atoms with Gasteiger partial charge in [0, 0.05) is 37.6 Å². The molecule has 0 unspecified atom stereocenters. The van der Waals surface area contributed by atoms with Gasteiger partial charge in [0.2, 0.25) is 0 Å². The van der Waals surface area contributed by atoms with E-state index in [0.29, 0.717) is 24.1 Å². The Bertz CT molecular complexity index is 1230. The van der Waals surface area contributed by atoms with E-state index in [9.17, 15) is 9.90 Å². The predicted molar refractivity (Wildman–Crippen MR) is 113 cm³/mol. The zero-order chi connectivity index (χ0) is 21.4. The Morgan fingerprint density at radius 3 is 2.77 bits per heavy atom. The summed E-state index contributed by atoms with van der Waals surface area (Å²) in [6.07, 6.45) is 11.4. The number of aryl methyl sites for hydroxylation is 1. The van der Waals surface area contributed by atoms with Gasteiger partial charge in [-0.1, -0.05) is 6.07 Å². The number of aromatic nitrogens is 6. The van der Waals surface area contributed by atoms with E-state index < -0.39 is 6.10 Å². The van der Waals surface area contributed by atoms with Crippen LogP contribution in [0.25, 0.3) is 16.9 Å². The van der Waals surface area contributed by atoms with Crippen LogP contribution in [0.4, 0.5) is 0 Å². The van der Waals surface area contributed by atoms with Crippen molar-refractivity contribution in [3.05, 3.63) is 66.0 Å². The highest BCUT2D eigenvalue weighted by Gasteiger charge is 2.27. The minimum atomic E-state index is -0.495. The zero-order valence-corrected chi connectivity index (χ0v) is 17.1. The molecule has 2 N–H and O–H groups in total. The molecular formula is C22H23N7O2. The van der Waals surface area contributed by atoms with Crippen molar-refractivity contribution in [1.82, 2.24) is 34.7 Å². The highest BCUT2D eigenvalue weighted by molar-refractivity contribution is 6.00. The second-order valence-corrected chi connectivity index (χ2v) is 8.00. The molecule has 0 aliphatic heterocycles. The molecule has 9 heteroatoms. The molecule has 5 rings (SSSR count). The molecule has 31 heavy (non-hydrogen) atoms. The number of pyridine rings is 2. The second-order valence-electron chi connectivity index (χ2n) is 8.00. The highest BCUT2D eigenvalue weighted by Crippen LogP contribution is 2.21. The van der Waals surface area contributed by atoms with Gasteiger partial charge in [0.15, 0.2) is 5.65 Å². The van der Waals surface area contributed by atoms with Crippen LogP contribution in [0.3, 0.4) is 0 Å². The van der Waals surface area contributed by atoms with Crippen LogP contribution >= 0.6 is 0 Å². The SMILES string of the molecule is Cn1cc(-c2ccc(Cc3cc(C(=O)N[C@H]4CCC[C@@H]4O)c4ncnn4c3)cn2)cn1. The topological polar surface area (TPSA) is 110 Å². The lowest BCUT2D eigenvalue weighted by molar-refractivity contribution is 0.0874. The zero-order valence-electron chi connectivity index (χ0n) is 17.1. The minimum absolute atomic E-state index is 0.219. The van der Waals surface area contributed by atoms with Gasteiger partial charge in [0.1, 0.15) is 6.33 Å². The number of fused-ring (bicyclic) bond motifs is 1. The molecule has 1 saturated carbocycles. The molecule has 0 saturated heterocycles. The molecule has 4 aromatic rings. The summed E-state index contributed by atoms with van der Waals surface area (Å²) in [4.78, 5) is 21.7. The van der Waals surface area contributed by atoms with Crippen molar-refractivity contribution in [1.29, 1.82) is 0 Å². The molecule has 0 radical (unpaired) electrons. The maximum Gasteiger partial charge on any atom is 0.255 e. The maximum atomic E-state index is 12.9. The Balaban J connectivity index is 1.39. The van der Waals surface area contributed by atoms with Gasteiger partial charge < -0.3 is 10.4 Å². The van der Waals surface area contributed by atoms with E-state index in [0.717, 1.165) is 35.2 Å². The first-order chi connectivity index (χ1) is 15.1. The average molecular weight is 417 g/mol. The Labute approximate surface area is 178 Å².